The zero-order chi connectivity index (χ0) is 12.3. The van der Waals surface area contributed by atoms with E-state index in [1.807, 2.05) is 26.0 Å². The van der Waals surface area contributed by atoms with Crippen LogP contribution in [0.4, 0.5) is 0 Å². The van der Waals surface area contributed by atoms with Gasteiger partial charge in [-0.3, -0.25) is 0 Å². The van der Waals surface area contributed by atoms with Gasteiger partial charge in [-0.05, 0) is 38.5 Å². The van der Waals surface area contributed by atoms with Gasteiger partial charge >= 0.3 is 0 Å². The van der Waals surface area contributed by atoms with Crippen molar-refractivity contribution < 1.29 is 9.84 Å². The van der Waals surface area contributed by atoms with Gasteiger partial charge in [0, 0.05) is 18.1 Å². The third-order valence-electron chi connectivity index (χ3n) is 2.86. The quantitative estimate of drug-likeness (QED) is 0.861. The van der Waals surface area contributed by atoms with Gasteiger partial charge in [-0.25, -0.2) is 0 Å². The minimum atomic E-state index is -0.262. The highest BCUT2D eigenvalue weighted by molar-refractivity contribution is 5.86. The molecular formula is C14H19NO2. The lowest BCUT2D eigenvalue weighted by atomic mass is 10.2. The van der Waals surface area contributed by atoms with Crippen LogP contribution in [-0.2, 0) is 6.54 Å². The molecule has 2 rings (SSSR count). The van der Waals surface area contributed by atoms with Gasteiger partial charge in [-0.1, -0.05) is 6.07 Å². The maximum absolute atomic E-state index is 9.32. The molecule has 17 heavy (non-hydrogen) atoms. The van der Waals surface area contributed by atoms with Gasteiger partial charge in [-0.2, -0.15) is 0 Å². The van der Waals surface area contributed by atoms with E-state index in [0.717, 1.165) is 29.6 Å². The summed E-state index contributed by atoms with van der Waals surface area (Å²) >= 11 is 0. The molecule has 0 bridgehead atoms. The van der Waals surface area contributed by atoms with Crippen LogP contribution in [0.3, 0.4) is 0 Å². The van der Waals surface area contributed by atoms with Crippen molar-refractivity contribution in [3.8, 4) is 5.75 Å². The van der Waals surface area contributed by atoms with Crippen molar-refractivity contribution in [2.75, 3.05) is 6.61 Å². The Kier molecular flexibility index (Phi) is 3.69. The van der Waals surface area contributed by atoms with Crippen LogP contribution < -0.4 is 4.74 Å². The highest BCUT2D eigenvalue weighted by atomic mass is 16.5. The molecule has 92 valence electrons. The van der Waals surface area contributed by atoms with Gasteiger partial charge in [0.1, 0.15) is 5.75 Å². The fourth-order valence-corrected chi connectivity index (χ4v) is 2.00. The van der Waals surface area contributed by atoms with E-state index in [0.29, 0.717) is 6.61 Å². The molecule has 0 saturated carbocycles. The number of aryl methyl sites for hydroxylation is 1. The SMILES string of the molecule is CCOc1cccc2c1ccn2CCC(C)O. The molecule has 1 aromatic heterocycles. The average molecular weight is 233 g/mol. The van der Waals surface area contributed by atoms with Crippen LogP contribution in [0.25, 0.3) is 10.9 Å². The van der Waals surface area contributed by atoms with E-state index in [1.54, 1.807) is 0 Å². The monoisotopic (exact) mass is 233 g/mol. The summed E-state index contributed by atoms with van der Waals surface area (Å²) in [6, 6.07) is 8.15. The summed E-state index contributed by atoms with van der Waals surface area (Å²) in [6.45, 7) is 5.31. The molecule has 0 spiro atoms. The lowest BCUT2D eigenvalue weighted by molar-refractivity contribution is 0.178. The molecule has 3 heteroatoms. The molecule has 0 amide bonds. The van der Waals surface area contributed by atoms with Gasteiger partial charge in [-0.15, -0.1) is 0 Å². The molecule has 0 aliphatic heterocycles. The Morgan fingerprint density at radius 2 is 2.18 bits per heavy atom. The number of ether oxygens (including phenoxy) is 1. The van der Waals surface area contributed by atoms with Gasteiger partial charge in [0.2, 0.25) is 0 Å². The topological polar surface area (TPSA) is 34.4 Å². The minimum Gasteiger partial charge on any atom is -0.493 e. The summed E-state index contributed by atoms with van der Waals surface area (Å²) in [5.41, 5.74) is 1.16. The minimum absolute atomic E-state index is 0.262. The fraction of sp³-hybridized carbons (Fsp3) is 0.429. The van der Waals surface area contributed by atoms with E-state index < -0.39 is 0 Å². The van der Waals surface area contributed by atoms with Crippen LogP contribution in [-0.4, -0.2) is 22.4 Å². The molecule has 1 N–H and O–H groups in total. The van der Waals surface area contributed by atoms with Crippen LogP contribution in [0.5, 0.6) is 5.75 Å². The maximum Gasteiger partial charge on any atom is 0.128 e. The van der Waals surface area contributed by atoms with E-state index in [-0.39, 0.29) is 6.10 Å². The Morgan fingerprint density at radius 1 is 1.35 bits per heavy atom. The van der Waals surface area contributed by atoms with Gasteiger partial charge < -0.3 is 14.4 Å². The molecular weight excluding hydrogens is 214 g/mol. The first-order valence-electron chi connectivity index (χ1n) is 6.11. The highest BCUT2D eigenvalue weighted by Crippen LogP contribution is 2.26. The van der Waals surface area contributed by atoms with Gasteiger partial charge in [0.05, 0.1) is 18.2 Å². The summed E-state index contributed by atoms with van der Waals surface area (Å²) in [5, 5.41) is 10.5. The van der Waals surface area contributed by atoms with Crippen molar-refractivity contribution in [3.63, 3.8) is 0 Å². The second kappa shape index (κ2) is 5.23. The Bertz CT molecular complexity index is 488. The van der Waals surface area contributed by atoms with Gasteiger partial charge in [0.15, 0.2) is 0 Å². The molecule has 1 heterocycles. The molecule has 0 aliphatic carbocycles. The molecule has 1 aromatic carbocycles. The Balaban J connectivity index is 2.30. The van der Waals surface area contributed by atoms with Gasteiger partial charge in [0.25, 0.3) is 0 Å². The largest absolute Gasteiger partial charge is 0.493 e. The summed E-state index contributed by atoms with van der Waals surface area (Å²) in [5.74, 6) is 0.931. The molecule has 0 radical (unpaired) electrons. The van der Waals surface area contributed by atoms with Crippen LogP contribution >= 0.6 is 0 Å². The maximum atomic E-state index is 9.32. The van der Waals surface area contributed by atoms with E-state index >= 15 is 0 Å². The number of nitrogens with zero attached hydrogens (tertiary/aromatic N) is 1. The van der Waals surface area contributed by atoms with Crippen molar-refractivity contribution in [3.05, 3.63) is 30.5 Å². The predicted molar refractivity (Wildman–Crippen MR) is 69.4 cm³/mol. The zero-order valence-corrected chi connectivity index (χ0v) is 10.4. The molecule has 0 fully saturated rings. The Labute approximate surface area is 102 Å². The average Bonchev–Trinajstić information content (AvgIpc) is 2.71. The smallest absolute Gasteiger partial charge is 0.128 e. The summed E-state index contributed by atoms with van der Waals surface area (Å²) in [4.78, 5) is 0. The van der Waals surface area contributed by atoms with Crippen LogP contribution in [0.1, 0.15) is 20.3 Å². The number of aliphatic hydroxyl groups is 1. The number of hydrogen-bond donors (Lipinski definition) is 1. The van der Waals surface area contributed by atoms with E-state index in [4.69, 9.17) is 4.74 Å². The number of aromatic nitrogens is 1. The third-order valence-corrected chi connectivity index (χ3v) is 2.86. The Morgan fingerprint density at radius 3 is 2.88 bits per heavy atom. The number of hydrogen-bond acceptors (Lipinski definition) is 2. The van der Waals surface area contributed by atoms with E-state index in [9.17, 15) is 5.11 Å². The molecule has 1 unspecified atom stereocenters. The van der Waals surface area contributed by atoms with E-state index in [2.05, 4.69) is 22.9 Å². The van der Waals surface area contributed by atoms with Crippen LogP contribution in [0, 0.1) is 0 Å². The fourth-order valence-electron chi connectivity index (χ4n) is 2.00. The molecule has 0 saturated heterocycles. The molecule has 1 atom stereocenters. The number of benzene rings is 1. The number of fused-ring (bicyclic) bond motifs is 1. The molecule has 2 aromatic rings. The normalized spacial score (nSPS) is 12.9. The summed E-state index contributed by atoms with van der Waals surface area (Å²) in [6.07, 6.45) is 2.56. The van der Waals surface area contributed by atoms with E-state index in [1.165, 1.54) is 0 Å². The molecule has 3 nitrogen and oxygen atoms in total. The molecule has 0 aliphatic rings. The van der Waals surface area contributed by atoms with Crippen molar-refractivity contribution in [2.24, 2.45) is 0 Å². The van der Waals surface area contributed by atoms with Crippen molar-refractivity contribution in [1.29, 1.82) is 0 Å². The lowest BCUT2D eigenvalue weighted by Crippen LogP contribution is -2.05. The second-order valence-corrected chi connectivity index (χ2v) is 4.27. The standard InChI is InChI=1S/C14H19NO2/c1-3-17-14-6-4-5-13-12(14)8-10-15(13)9-7-11(2)16/h4-6,8,10-11,16H,3,7,9H2,1-2H3. The second-order valence-electron chi connectivity index (χ2n) is 4.27. The first-order chi connectivity index (χ1) is 8.22. The zero-order valence-electron chi connectivity index (χ0n) is 10.4. The van der Waals surface area contributed by atoms with Crippen LogP contribution in [0.15, 0.2) is 30.5 Å². The predicted octanol–water partition coefficient (Wildman–Crippen LogP) is 2.81. The van der Waals surface area contributed by atoms with Crippen molar-refractivity contribution >= 4 is 10.9 Å². The van der Waals surface area contributed by atoms with Crippen molar-refractivity contribution in [2.45, 2.75) is 32.9 Å². The highest BCUT2D eigenvalue weighted by Gasteiger charge is 2.06. The first-order valence-corrected chi connectivity index (χ1v) is 6.11. The Hall–Kier alpha value is -1.48. The number of rotatable bonds is 5. The lowest BCUT2D eigenvalue weighted by Gasteiger charge is -2.08. The van der Waals surface area contributed by atoms with Crippen LogP contribution in [0.2, 0.25) is 0 Å². The summed E-state index contributed by atoms with van der Waals surface area (Å²) < 4.78 is 7.75. The van der Waals surface area contributed by atoms with Crippen molar-refractivity contribution in [1.82, 2.24) is 4.57 Å². The first kappa shape index (κ1) is 12.0. The third kappa shape index (κ3) is 2.61. The summed E-state index contributed by atoms with van der Waals surface area (Å²) in [7, 11) is 0. The number of aliphatic hydroxyl groups excluding tert-OH is 1.